The molecule has 1 atom stereocenters. The van der Waals surface area contributed by atoms with Crippen LogP contribution >= 0.6 is 0 Å². The highest BCUT2D eigenvalue weighted by Crippen LogP contribution is 2.23. The van der Waals surface area contributed by atoms with Crippen LogP contribution in [0.5, 0.6) is 0 Å². The second-order valence-corrected chi connectivity index (χ2v) is 1.90. The van der Waals surface area contributed by atoms with E-state index >= 15 is 0 Å². The van der Waals surface area contributed by atoms with Gasteiger partial charge in [0.15, 0.2) is 5.54 Å². The molecule has 0 N–H and O–H groups in total. The predicted octanol–water partition coefficient (Wildman–Crippen LogP) is 1.12. The van der Waals surface area contributed by atoms with Crippen molar-refractivity contribution in [3.05, 3.63) is 0 Å². The van der Waals surface area contributed by atoms with Crippen molar-refractivity contribution in [3.8, 4) is 6.07 Å². The van der Waals surface area contributed by atoms with Crippen molar-refractivity contribution in [1.82, 2.24) is 0 Å². The van der Waals surface area contributed by atoms with Crippen LogP contribution in [0.3, 0.4) is 0 Å². The lowest BCUT2D eigenvalue weighted by molar-refractivity contribution is 0.418. The SMILES string of the molecule is CCC1(C#N)CN=N1. The minimum absolute atomic E-state index is 0.431. The predicted molar refractivity (Wildman–Crippen MR) is 28.4 cm³/mol. The standard InChI is InChI=1S/C5H7N3/c1-2-5(3-6)4-7-8-5/h2,4H2,1H3. The van der Waals surface area contributed by atoms with Gasteiger partial charge in [0.2, 0.25) is 0 Å². The van der Waals surface area contributed by atoms with Crippen LogP contribution in [-0.2, 0) is 0 Å². The van der Waals surface area contributed by atoms with Gasteiger partial charge in [-0.3, -0.25) is 0 Å². The molecule has 3 nitrogen and oxygen atoms in total. The zero-order valence-electron chi connectivity index (χ0n) is 4.76. The molecule has 0 spiro atoms. The van der Waals surface area contributed by atoms with Crippen LogP contribution in [-0.4, -0.2) is 12.1 Å². The van der Waals surface area contributed by atoms with Crippen LogP contribution in [0.25, 0.3) is 0 Å². The van der Waals surface area contributed by atoms with E-state index in [0.717, 1.165) is 6.42 Å². The molecule has 0 aromatic rings. The number of hydrogen-bond donors (Lipinski definition) is 0. The van der Waals surface area contributed by atoms with Crippen molar-refractivity contribution in [1.29, 1.82) is 5.26 Å². The maximum absolute atomic E-state index is 8.43. The van der Waals surface area contributed by atoms with Gasteiger partial charge in [0, 0.05) is 0 Å². The molecule has 1 heterocycles. The summed E-state index contributed by atoms with van der Waals surface area (Å²) in [5, 5.41) is 15.7. The van der Waals surface area contributed by atoms with Gasteiger partial charge >= 0.3 is 0 Å². The molecule has 0 aromatic heterocycles. The highest BCUT2D eigenvalue weighted by atomic mass is 15.3. The van der Waals surface area contributed by atoms with Crippen LogP contribution in [0.4, 0.5) is 0 Å². The molecule has 8 heavy (non-hydrogen) atoms. The Labute approximate surface area is 48.0 Å². The van der Waals surface area contributed by atoms with Crippen molar-refractivity contribution >= 4 is 0 Å². The van der Waals surface area contributed by atoms with E-state index in [1.54, 1.807) is 0 Å². The lowest BCUT2D eigenvalue weighted by Gasteiger charge is -2.22. The zero-order valence-corrected chi connectivity index (χ0v) is 4.76. The Balaban J connectivity index is 2.65. The van der Waals surface area contributed by atoms with Gasteiger partial charge in [-0.2, -0.15) is 15.5 Å². The monoisotopic (exact) mass is 109 g/mol. The van der Waals surface area contributed by atoms with Gasteiger partial charge < -0.3 is 0 Å². The third-order valence-electron chi connectivity index (χ3n) is 1.39. The summed E-state index contributed by atoms with van der Waals surface area (Å²) in [6, 6.07) is 2.10. The minimum Gasteiger partial charge on any atom is -0.195 e. The molecule has 0 saturated carbocycles. The average Bonchev–Trinajstić information content (AvgIpc) is 1.67. The summed E-state index contributed by atoms with van der Waals surface area (Å²) >= 11 is 0. The topological polar surface area (TPSA) is 48.5 Å². The Bertz CT molecular complexity index is 156. The lowest BCUT2D eigenvalue weighted by atomic mass is 9.98. The maximum atomic E-state index is 8.43. The first-order valence-corrected chi connectivity index (χ1v) is 2.63. The van der Waals surface area contributed by atoms with Crippen LogP contribution in [0.1, 0.15) is 13.3 Å². The molecule has 1 unspecified atom stereocenters. The van der Waals surface area contributed by atoms with E-state index in [-0.39, 0.29) is 0 Å². The molecule has 0 fully saturated rings. The highest BCUT2D eigenvalue weighted by Gasteiger charge is 2.33. The summed E-state index contributed by atoms with van der Waals surface area (Å²) < 4.78 is 0. The Morgan fingerprint density at radius 3 is 2.50 bits per heavy atom. The van der Waals surface area contributed by atoms with E-state index in [2.05, 4.69) is 16.3 Å². The van der Waals surface area contributed by atoms with Crippen molar-refractivity contribution in [3.63, 3.8) is 0 Å². The second-order valence-electron chi connectivity index (χ2n) is 1.90. The van der Waals surface area contributed by atoms with E-state index < -0.39 is 5.54 Å². The normalized spacial score (nSPS) is 33.5. The van der Waals surface area contributed by atoms with E-state index in [1.807, 2.05) is 6.92 Å². The Morgan fingerprint density at radius 2 is 2.50 bits per heavy atom. The summed E-state index contributed by atoms with van der Waals surface area (Å²) in [4.78, 5) is 0. The quantitative estimate of drug-likeness (QED) is 0.497. The number of azo groups is 1. The molecule has 0 saturated heterocycles. The summed E-state index contributed by atoms with van der Waals surface area (Å²) in [6.45, 7) is 2.54. The first-order valence-electron chi connectivity index (χ1n) is 2.63. The van der Waals surface area contributed by atoms with Gasteiger partial charge in [-0.05, 0) is 6.42 Å². The molecule has 1 rings (SSSR count). The van der Waals surface area contributed by atoms with Gasteiger partial charge in [-0.1, -0.05) is 6.92 Å². The molecular weight excluding hydrogens is 102 g/mol. The van der Waals surface area contributed by atoms with Crippen LogP contribution in [0.2, 0.25) is 0 Å². The number of rotatable bonds is 1. The third-order valence-corrected chi connectivity index (χ3v) is 1.39. The first kappa shape index (κ1) is 5.23. The maximum Gasteiger partial charge on any atom is 0.188 e. The fourth-order valence-corrected chi connectivity index (χ4v) is 0.561. The molecule has 0 aromatic carbocycles. The van der Waals surface area contributed by atoms with Crippen molar-refractivity contribution < 1.29 is 0 Å². The molecule has 3 heteroatoms. The summed E-state index contributed by atoms with van der Waals surface area (Å²) in [5.41, 5.74) is -0.431. The molecule has 42 valence electrons. The fraction of sp³-hybridized carbons (Fsp3) is 0.800. The lowest BCUT2D eigenvalue weighted by Crippen LogP contribution is -2.32. The van der Waals surface area contributed by atoms with Crippen molar-refractivity contribution in [2.45, 2.75) is 18.9 Å². The van der Waals surface area contributed by atoms with Gasteiger partial charge in [-0.25, -0.2) is 0 Å². The molecule has 0 radical (unpaired) electrons. The Kier molecular flexibility index (Phi) is 1.01. The molecule has 0 amide bonds. The van der Waals surface area contributed by atoms with Crippen molar-refractivity contribution in [2.24, 2.45) is 10.2 Å². The van der Waals surface area contributed by atoms with Crippen molar-refractivity contribution in [2.75, 3.05) is 6.54 Å². The van der Waals surface area contributed by atoms with Gasteiger partial charge in [0.25, 0.3) is 0 Å². The third kappa shape index (κ3) is 0.497. The van der Waals surface area contributed by atoms with Gasteiger partial charge in [0.05, 0.1) is 6.07 Å². The second kappa shape index (κ2) is 1.55. The average molecular weight is 109 g/mol. The van der Waals surface area contributed by atoms with E-state index in [4.69, 9.17) is 5.26 Å². The Morgan fingerprint density at radius 1 is 1.88 bits per heavy atom. The first-order chi connectivity index (χ1) is 3.83. The number of nitriles is 1. The Hall–Kier alpha value is -0.910. The number of nitrogens with zero attached hydrogens (tertiary/aromatic N) is 3. The zero-order chi connectivity index (χ0) is 6.04. The summed E-state index contributed by atoms with van der Waals surface area (Å²) in [5.74, 6) is 0. The molecule has 1 aliphatic heterocycles. The van der Waals surface area contributed by atoms with Gasteiger partial charge in [-0.15, -0.1) is 0 Å². The van der Waals surface area contributed by atoms with E-state index in [9.17, 15) is 0 Å². The number of hydrogen-bond acceptors (Lipinski definition) is 3. The van der Waals surface area contributed by atoms with E-state index in [0.29, 0.717) is 6.54 Å². The van der Waals surface area contributed by atoms with Gasteiger partial charge in [0.1, 0.15) is 6.54 Å². The largest absolute Gasteiger partial charge is 0.195 e. The van der Waals surface area contributed by atoms with Crippen LogP contribution < -0.4 is 0 Å². The smallest absolute Gasteiger partial charge is 0.188 e. The molecular formula is C5H7N3. The summed E-state index contributed by atoms with van der Waals surface area (Å²) in [7, 11) is 0. The minimum atomic E-state index is -0.431. The molecule has 1 aliphatic rings. The van der Waals surface area contributed by atoms with E-state index in [1.165, 1.54) is 0 Å². The van der Waals surface area contributed by atoms with Crippen LogP contribution in [0, 0.1) is 11.3 Å². The molecule has 0 bridgehead atoms. The molecule has 0 aliphatic carbocycles. The fourth-order valence-electron chi connectivity index (χ4n) is 0.561. The van der Waals surface area contributed by atoms with Crippen LogP contribution in [0.15, 0.2) is 10.2 Å². The highest BCUT2D eigenvalue weighted by molar-refractivity contribution is 5.11. The summed E-state index contributed by atoms with van der Waals surface area (Å²) in [6.07, 6.45) is 0.785.